The lowest BCUT2D eigenvalue weighted by molar-refractivity contribution is -0.145. The zero-order valence-electron chi connectivity index (χ0n) is 19.9. The van der Waals surface area contributed by atoms with E-state index in [9.17, 15) is 39.9 Å². The van der Waals surface area contributed by atoms with Gasteiger partial charge in [-0.05, 0) is 69.5 Å². The molecule has 39 heavy (non-hydrogen) atoms. The van der Waals surface area contributed by atoms with Gasteiger partial charge in [0.05, 0.1) is 39.8 Å². The van der Waals surface area contributed by atoms with Crippen molar-refractivity contribution >= 4 is 50.7 Å². The van der Waals surface area contributed by atoms with Crippen molar-refractivity contribution in [3.63, 3.8) is 0 Å². The van der Waals surface area contributed by atoms with Crippen LogP contribution in [0.15, 0.2) is 46.9 Å². The predicted molar refractivity (Wildman–Crippen MR) is 143 cm³/mol. The molecule has 0 spiro atoms. The van der Waals surface area contributed by atoms with E-state index in [0.29, 0.717) is 16.6 Å². The number of aromatic hydroxyl groups is 2. The van der Waals surface area contributed by atoms with Crippen LogP contribution in [0.3, 0.4) is 0 Å². The van der Waals surface area contributed by atoms with Crippen LogP contribution in [-0.4, -0.2) is 59.2 Å². The number of aromatic amines is 1. The Morgan fingerprint density at radius 3 is 2.23 bits per heavy atom. The second-order valence-electron chi connectivity index (χ2n) is 8.73. The van der Waals surface area contributed by atoms with Crippen molar-refractivity contribution in [1.82, 2.24) is 9.97 Å². The molecule has 0 bridgehead atoms. The van der Waals surface area contributed by atoms with Crippen molar-refractivity contribution < 1.29 is 39.9 Å². The van der Waals surface area contributed by atoms with Crippen LogP contribution in [0.4, 0.5) is 0 Å². The topological polar surface area (TPSA) is 231 Å². The first-order valence-electron chi connectivity index (χ1n) is 11.2. The van der Waals surface area contributed by atoms with Crippen molar-refractivity contribution in [2.24, 2.45) is 5.73 Å². The number of carboxylic acid groups (broad SMARTS) is 3. The minimum atomic E-state index is -1.53. The number of fused-ring (bicyclic) bond motifs is 1. The van der Waals surface area contributed by atoms with Gasteiger partial charge in [-0.15, -0.1) is 0 Å². The number of aliphatic carboxylic acids is 3. The molecule has 0 aliphatic rings. The van der Waals surface area contributed by atoms with Crippen LogP contribution in [0.1, 0.15) is 29.0 Å². The predicted octanol–water partition coefficient (Wildman–Crippen LogP) is 3.62. The lowest BCUT2D eigenvalue weighted by atomic mass is 9.89. The summed E-state index contributed by atoms with van der Waals surface area (Å²) in [6, 6.07) is 10.0. The maximum absolute atomic E-state index is 12.1. The standard InChI is InChI=1S/C26H21BrN4O8/c27-17-4-10(5-20(32)33)3-14(23(17)37)15-6-12(13(26(38)39)9-21(34)35)7-16(22(15)36)25-30-18-2-1-11(24(28)29)8-19(18)31-25/h1-4,6-8,13,36-37H,5,9H2,(H3,28,29)(H,30,31)(H,32,33)(H,34,35)(H,38,39). The highest BCUT2D eigenvalue weighted by molar-refractivity contribution is 9.10. The Hall–Kier alpha value is -4.91. The molecule has 9 N–H and O–H groups in total. The van der Waals surface area contributed by atoms with Crippen LogP contribution in [0.5, 0.6) is 11.5 Å². The lowest BCUT2D eigenvalue weighted by Gasteiger charge is -2.18. The quantitative estimate of drug-likeness (QED) is 0.103. The summed E-state index contributed by atoms with van der Waals surface area (Å²) in [7, 11) is 0. The first kappa shape index (κ1) is 27.1. The highest BCUT2D eigenvalue weighted by atomic mass is 79.9. The molecule has 12 nitrogen and oxygen atoms in total. The van der Waals surface area contributed by atoms with Crippen LogP contribution in [0, 0.1) is 5.41 Å². The van der Waals surface area contributed by atoms with Gasteiger partial charge in [0.15, 0.2) is 0 Å². The molecular weight excluding hydrogens is 576 g/mol. The number of imidazole rings is 1. The van der Waals surface area contributed by atoms with E-state index >= 15 is 0 Å². The number of phenols is 2. The van der Waals surface area contributed by atoms with Gasteiger partial charge < -0.3 is 36.3 Å². The molecule has 1 aromatic heterocycles. The number of phenolic OH excluding ortho intramolecular Hbond substituents is 2. The normalized spacial score (nSPS) is 11.8. The van der Waals surface area contributed by atoms with Gasteiger partial charge in [-0.3, -0.25) is 19.8 Å². The Morgan fingerprint density at radius 1 is 0.949 bits per heavy atom. The maximum Gasteiger partial charge on any atom is 0.311 e. The highest BCUT2D eigenvalue weighted by Gasteiger charge is 2.28. The van der Waals surface area contributed by atoms with E-state index in [0.717, 1.165) is 0 Å². The number of carboxylic acids is 3. The van der Waals surface area contributed by atoms with Crippen LogP contribution in [-0.2, 0) is 20.8 Å². The number of carbonyl (C=O) groups is 3. The van der Waals surface area contributed by atoms with Gasteiger partial charge >= 0.3 is 17.9 Å². The second-order valence-corrected chi connectivity index (χ2v) is 9.58. The fraction of sp³-hybridized carbons (Fsp3) is 0.115. The highest BCUT2D eigenvalue weighted by Crippen LogP contribution is 2.46. The molecule has 0 radical (unpaired) electrons. The SMILES string of the molecule is N=C(N)c1ccc2[nH]c(-c3cc(C(CC(=O)O)C(=O)O)cc(-c4cc(CC(=O)O)cc(Br)c4O)c3O)nc2c1. The van der Waals surface area contributed by atoms with E-state index in [1.54, 1.807) is 18.2 Å². The second kappa shape index (κ2) is 10.5. The van der Waals surface area contributed by atoms with E-state index in [1.165, 1.54) is 24.3 Å². The molecule has 0 aliphatic carbocycles. The molecule has 1 unspecified atom stereocenters. The monoisotopic (exact) mass is 596 g/mol. The summed E-state index contributed by atoms with van der Waals surface area (Å²) in [4.78, 5) is 42.3. The Morgan fingerprint density at radius 2 is 1.62 bits per heavy atom. The number of benzene rings is 3. The van der Waals surface area contributed by atoms with Gasteiger partial charge in [0, 0.05) is 16.7 Å². The average molecular weight is 597 g/mol. The molecular formula is C26H21BrN4O8. The zero-order valence-corrected chi connectivity index (χ0v) is 21.5. The third-order valence-electron chi connectivity index (χ3n) is 6.03. The van der Waals surface area contributed by atoms with Crippen LogP contribution < -0.4 is 5.73 Å². The van der Waals surface area contributed by atoms with Crippen LogP contribution in [0.25, 0.3) is 33.5 Å². The first-order valence-corrected chi connectivity index (χ1v) is 12.0. The van der Waals surface area contributed by atoms with Gasteiger partial charge in [0.25, 0.3) is 0 Å². The summed E-state index contributed by atoms with van der Waals surface area (Å²) in [5.74, 6) is -6.35. The third-order valence-corrected chi connectivity index (χ3v) is 6.63. The summed E-state index contributed by atoms with van der Waals surface area (Å²) >= 11 is 3.17. The average Bonchev–Trinajstić information content (AvgIpc) is 3.27. The Labute approximate surface area is 228 Å². The van der Waals surface area contributed by atoms with Gasteiger partial charge in [-0.1, -0.05) is 0 Å². The maximum atomic E-state index is 12.1. The Kier molecular flexibility index (Phi) is 7.27. The Balaban J connectivity index is 2.02. The molecule has 0 saturated heterocycles. The van der Waals surface area contributed by atoms with Crippen molar-refractivity contribution in [1.29, 1.82) is 5.41 Å². The first-order chi connectivity index (χ1) is 18.3. The molecule has 1 atom stereocenters. The van der Waals surface area contributed by atoms with E-state index in [2.05, 4.69) is 25.9 Å². The summed E-state index contributed by atoms with van der Waals surface area (Å²) in [5.41, 5.74) is 7.03. The number of halogens is 1. The minimum absolute atomic E-state index is 0.00104. The van der Waals surface area contributed by atoms with E-state index in [-0.39, 0.29) is 49.7 Å². The molecule has 0 amide bonds. The van der Waals surface area contributed by atoms with Gasteiger partial charge in [-0.2, -0.15) is 0 Å². The smallest absolute Gasteiger partial charge is 0.311 e. The molecule has 1 heterocycles. The van der Waals surface area contributed by atoms with E-state index < -0.39 is 42.4 Å². The van der Waals surface area contributed by atoms with Crippen molar-refractivity contribution in [3.05, 3.63) is 63.6 Å². The minimum Gasteiger partial charge on any atom is -0.507 e. The number of H-pyrrole nitrogens is 1. The number of nitrogen functional groups attached to an aromatic ring is 1. The number of hydrogen-bond donors (Lipinski definition) is 8. The molecule has 13 heteroatoms. The number of aromatic nitrogens is 2. The number of hydrogen-bond acceptors (Lipinski definition) is 7. The lowest BCUT2D eigenvalue weighted by Crippen LogP contribution is -2.16. The van der Waals surface area contributed by atoms with Crippen LogP contribution >= 0.6 is 15.9 Å². The molecule has 4 aromatic rings. The number of nitrogens with two attached hydrogens (primary N) is 1. The van der Waals surface area contributed by atoms with Gasteiger partial charge in [0.2, 0.25) is 0 Å². The number of rotatable bonds is 9. The summed E-state index contributed by atoms with van der Waals surface area (Å²) in [6.07, 6.45) is -1.17. The molecule has 0 saturated carbocycles. The molecule has 3 aromatic carbocycles. The van der Waals surface area contributed by atoms with Crippen molar-refractivity contribution in [2.45, 2.75) is 18.8 Å². The fourth-order valence-electron chi connectivity index (χ4n) is 4.20. The Bertz CT molecular complexity index is 1680. The third kappa shape index (κ3) is 5.52. The summed E-state index contributed by atoms with van der Waals surface area (Å²) < 4.78 is 0.128. The van der Waals surface area contributed by atoms with Crippen LogP contribution in [0.2, 0.25) is 0 Å². The van der Waals surface area contributed by atoms with E-state index in [1.807, 2.05) is 0 Å². The van der Waals surface area contributed by atoms with Gasteiger partial charge in [-0.25, -0.2) is 4.98 Å². The summed E-state index contributed by atoms with van der Waals surface area (Å²) in [6.45, 7) is 0. The van der Waals surface area contributed by atoms with E-state index in [4.69, 9.17) is 11.1 Å². The molecule has 200 valence electrons. The molecule has 4 rings (SSSR count). The zero-order chi connectivity index (χ0) is 28.6. The molecule has 0 fully saturated rings. The van der Waals surface area contributed by atoms with Crippen molar-refractivity contribution in [2.75, 3.05) is 0 Å². The van der Waals surface area contributed by atoms with Crippen molar-refractivity contribution in [3.8, 4) is 34.0 Å². The molecule has 0 aliphatic heterocycles. The number of nitrogens with zero attached hydrogens (tertiary/aromatic N) is 1. The number of nitrogens with one attached hydrogen (secondary N) is 2. The van der Waals surface area contributed by atoms with Gasteiger partial charge in [0.1, 0.15) is 23.2 Å². The number of amidine groups is 1. The largest absolute Gasteiger partial charge is 0.507 e. The summed E-state index contributed by atoms with van der Waals surface area (Å²) in [5, 5.41) is 58.2. The fourth-order valence-corrected chi connectivity index (χ4v) is 4.71.